The zero-order valence-corrected chi connectivity index (χ0v) is 14.5. The summed E-state index contributed by atoms with van der Waals surface area (Å²) in [6.07, 6.45) is -2.86. The first-order valence-corrected chi connectivity index (χ1v) is 8.31. The van der Waals surface area contributed by atoms with E-state index in [1.54, 1.807) is 42.9 Å². The first-order chi connectivity index (χ1) is 12.3. The predicted octanol–water partition coefficient (Wildman–Crippen LogP) is 5.12. The molecule has 1 aromatic carbocycles. The summed E-state index contributed by atoms with van der Waals surface area (Å²) in [6, 6.07) is 10.6. The van der Waals surface area contributed by atoms with E-state index in [0.29, 0.717) is 5.82 Å². The molecule has 0 amide bonds. The lowest BCUT2D eigenvalue weighted by atomic mass is 10.1. The molecule has 3 aromatic heterocycles. The van der Waals surface area contributed by atoms with Crippen molar-refractivity contribution in [2.24, 2.45) is 0 Å². The molecule has 0 spiro atoms. The third-order valence-electron chi connectivity index (χ3n) is 4.48. The van der Waals surface area contributed by atoms with E-state index in [2.05, 4.69) is 10.1 Å². The largest absolute Gasteiger partial charge is 0.433 e. The second kappa shape index (κ2) is 5.59. The molecule has 3 heterocycles. The van der Waals surface area contributed by atoms with Gasteiger partial charge in [-0.2, -0.15) is 18.3 Å². The molecule has 0 radical (unpaired) electrons. The quantitative estimate of drug-likeness (QED) is 0.498. The van der Waals surface area contributed by atoms with Crippen molar-refractivity contribution >= 4 is 16.6 Å². The highest BCUT2D eigenvalue weighted by Crippen LogP contribution is 2.37. The van der Waals surface area contributed by atoms with Crippen molar-refractivity contribution in [3.63, 3.8) is 0 Å². The predicted molar refractivity (Wildman–Crippen MR) is 93.6 cm³/mol. The lowest BCUT2D eigenvalue weighted by molar-refractivity contribution is -0.142. The lowest BCUT2D eigenvalue weighted by Crippen LogP contribution is -2.16. The third kappa shape index (κ3) is 2.38. The van der Waals surface area contributed by atoms with Crippen LogP contribution in [0, 0.1) is 6.92 Å². The molecule has 0 fully saturated rings. The van der Waals surface area contributed by atoms with Gasteiger partial charge in [-0.3, -0.25) is 4.40 Å². The molecule has 0 atom stereocenters. The highest BCUT2D eigenvalue weighted by molar-refractivity contribution is 5.83. The van der Waals surface area contributed by atoms with Gasteiger partial charge < -0.3 is 0 Å². The van der Waals surface area contributed by atoms with E-state index in [9.17, 15) is 13.2 Å². The zero-order valence-electron chi connectivity index (χ0n) is 14.5. The molecule has 7 heteroatoms. The average molecular weight is 358 g/mol. The Morgan fingerprint density at radius 2 is 1.77 bits per heavy atom. The Morgan fingerprint density at radius 3 is 2.46 bits per heavy atom. The van der Waals surface area contributed by atoms with E-state index in [4.69, 9.17) is 0 Å². The fraction of sp³-hybridized carbons (Fsp3) is 0.263. The molecular formula is C19H17F3N4. The van der Waals surface area contributed by atoms with Crippen molar-refractivity contribution in [1.29, 1.82) is 0 Å². The number of pyridine rings is 1. The zero-order chi connectivity index (χ0) is 18.6. The number of rotatable bonds is 2. The molecule has 4 nitrogen and oxygen atoms in total. The minimum absolute atomic E-state index is 0.0399. The number of fused-ring (bicyclic) bond motifs is 2. The van der Waals surface area contributed by atoms with Gasteiger partial charge in [0.25, 0.3) is 0 Å². The summed E-state index contributed by atoms with van der Waals surface area (Å²) < 4.78 is 44.4. The first kappa shape index (κ1) is 16.6. The van der Waals surface area contributed by atoms with Crippen LogP contribution in [-0.2, 0) is 6.18 Å². The van der Waals surface area contributed by atoms with Gasteiger partial charge in [-0.15, -0.1) is 0 Å². The minimum Gasteiger partial charge on any atom is -0.272 e. The molecule has 0 saturated heterocycles. The molecule has 0 unspecified atom stereocenters. The van der Waals surface area contributed by atoms with Crippen LogP contribution in [0.4, 0.5) is 13.2 Å². The van der Waals surface area contributed by atoms with Gasteiger partial charge in [0.1, 0.15) is 11.5 Å². The average Bonchev–Trinajstić information content (AvgIpc) is 3.16. The first-order valence-electron chi connectivity index (χ1n) is 8.31. The standard InChI is InChI=1S/C19H17F3N4/c1-11(2)16-18(19(20,21)22)25-14(24-16)8-5-9-15(25)26-17-12(3)6-4-7-13(17)10-23-26/h4-11H,1-3H3. The van der Waals surface area contributed by atoms with Crippen LogP contribution >= 0.6 is 0 Å². The van der Waals surface area contributed by atoms with E-state index in [1.807, 2.05) is 25.1 Å². The van der Waals surface area contributed by atoms with Crippen molar-refractivity contribution in [1.82, 2.24) is 19.2 Å². The van der Waals surface area contributed by atoms with Crippen LogP contribution in [0.25, 0.3) is 22.4 Å². The Hall–Kier alpha value is -2.83. The van der Waals surface area contributed by atoms with Gasteiger partial charge in [-0.1, -0.05) is 38.1 Å². The number of aromatic nitrogens is 4. The topological polar surface area (TPSA) is 35.1 Å². The molecule has 0 N–H and O–H groups in total. The van der Waals surface area contributed by atoms with Gasteiger partial charge in [-0.05, 0) is 30.5 Å². The number of nitrogens with zero attached hydrogens (tertiary/aromatic N) is 4. The minimum atomic E-state index is -4.52. The van der Waals surface area contributed by atoms with Crippen molar-refractivity contribution in [3.05, 3.63) is 59.5 Å². The molecule has 0 aliphatic heterocycles. The second-order valence-electron chi connectivity index (χ2n) is 6.64. The Labute approximate surface area is 147 Å². The molecular weight excluding hydrogens is 341 g/mol. The van der Waals surface area contributed by atoms with Crippen molar-refractivity contribution in [3.8, 4) is 5.82 Å². The number of alkyl halides is 3. The van der Waals surface area contributed by atoms with E-state index >= 15 is 0 Å². The highest BCUT2D eigenvalue weighted by Gasteiger charge is 2.39. The molecule has 0 saturated carbocycles. The lowest BCUT2D eigenvalue weighted by Gasteiger charge is -2.14. The van der Waals surface area contributed by atoms with Crippen molar-refractivity contribution in [2.75, 3.05) is 0 Å². The van der Waals surface area contributed by atoms with Crippen LogP contribution in [0.15, 0.2) is 42.6 Å². The smallest absolute Gasteiger partial charge is 0.272 e. The maximum Gasteiger partial charge on any atom is 0.433 e. The molecule has 4 aromatic rings. The van der Waals surface area contributed by atoms with Gasteiger partial charge in [0.2, 0.25) is 0 Å². The summed E-state index contributed by atoms with van der Waals surface area (Å²) in [6.45, 7) is 5.34. The Kier molecular flexibility index (Phi) is 3.57. The summed E-state index contributed by atoms with van der Waals surface area (Å²) in [5.74, 6) is -0.0333. The fourth-order valence-corrected chi connectivity index (χ4v) is 3.36. The van der Waals surface area contributed by atoms with Gasteiger partial charge in [0, 0.05) is 5.39 Å². The summed E-state index contributed by atoms with van der Waals surface area (Å²) in [7, 11) is 0. The number of aryl methyl sites for hydroxylation is 1. The monoisotopic (exact) mass is 358 g/mol. The van der Waals surface area contributed by atoms with Gasteiger partial charge >= 0.3 is 6.18 Å². The maximum atomic E-state index is 13.9. The fourth-order valence-electron chi connectivity index (χ4n) is 3.36. The van der Waals surface area contributed by atoms with Crippen LogP contribution in [0.1, 0.15) is 36.7 Å². The number of benzene rings is 1. The van der Waals surface area contributed by atoms with Gasteiger partial charge in [0.15, 0.2) is 5.69 Å². The summed E-state index contributed by atoms with van der Waals surface area (Å²) >= 11 is 0. The van der Waals surface area contributed by atoms with E-state index in [0.717, 1.165) is 20.9 Å². The van der Waals surface area contributed by atoms with E-state index in [1.165, 1.54) is 0 Å². The Balaban J connectivity index is 2.14. The number of imidazole rings is 1. The van der Waals surface area contributed by atoms with Crippen LogP contribution in [0.2, 0.25) is 0 Å². The van der Waals surface area contributed by atoms with Crippen LogP contribution in [0.3, 0.4) is 0 Å². The van der Waals surface area contributed by atoms with E-state index in [-0.39, 0.29) is 17.3 Å². The number of halogens is 3. The Morgan fingerprint density at radius 1 is 1.04 bits per heavy atom. The summed E-state index contributed by atoms with van der Waals surface area (Å²) in [5.41, 5.74) is 1.28. The molecule has 0 bridgehead atoms. The molecule has 4 rings (SSSR count). The molecule has 26 heavy (non-hydrogen) atoms. The third-order valence-corrected chi connectivity index (χ3v) is 4.48. The summed E-state index contributed by atoms with van der Waals surface area (Å²) in [4.78, 5) is 4.25. The van der Waals surface area contributed by atoms with Gasteiger partial charge in [0.05, 0.1) is 17.4 Å². The van der Waals surface area contributed by atoms with Crippen LogP contribution < -0.4 is 0 Å². The highest BCUT2D eigenvalue weighted by atomic mass is 19.4. The molecule has 134 valence electrons. The summed E-state index contributed by atoms with van der Waals surface area (Å²) in [5, 5.41) is 5.23. The van der Waals surface area contributed by atoms with Crippen LogP contribution in [0.5, 0.6) is 0 Å². The number of para-hydroxylation sites is 1. The Bertz CT molecular complexity index is 1120. The van der Waals surface area contributed by atoms with Crippen molar-refractivity contribution in [2.45, 2.75) is 32.9 Å². The second-order valence-corrected chi connectivity index (χ2v) is 6.64. The normalized spacial score (nSPS) is 12.6. The molecule has 0 aliphatic rings. The van der Waals surface area contributed by atoms with Crippen LogP contribution in [-0.4, -0.2) is 19.2 Å². The molecule has 0 aliphatic carbocycles. The number of hydrogen-bond acceptors (Lipinski definition) is 2. The van der Waals surface area contributed by atoms with Gasteiger partial charge in [-0.25, -0.2) is 9.67 Å². The van der Waals surface area contributed by atoms with Crippen molar-refractivity contribution < 1.29 is 13.2 Å². The van der Waals surface area contributed by atoms with E-state index < -0.39 is 11.9 Å². The SMILES string of the molecule is Cc1cccc2cnn(-c3cccc4nc(C(C)C)c(C(F)(F)F)n34)c12. The number of hydrogen-bond donors (Lipinski definition) is 0. The maximum absolute atomic E-state index is 13.9.